The molecule has 0 fully saturated rings. The molecule has 3 rings (SSSR count). The molecule has 0 radical (unpaired) electrons. The highest BCUT2D eigenvalue weighted by molar-refractivity contribution is 7.17. The van der Waals surface area contributed by atoms with Gasteiger partial charge in [0.05, 0.1) is 17.9 Å². The second-order valence-corrected chi connectivity index (χ2v) is 6.70. The van der Waals surface area contributed by atoms with Crippen LogP contribution in [0.25, 0.3) is 21.5 Å². The second-order valence-electron chi connectivity index (χ2n) is 5.70. The lowest BCUT2D eigenvalue weighted by Gasteiger charge is -2.03. The van der Waals surface area contributed by atoms with Gasteiger partial charge < -0.3 is 9.30 Å². The first-order chi connectivity index (χ1) is 12.0. The van der Waals surface area contributed by atoms with Gasteiger partial charge in [0.25, 0.3) is 0 Å². The van der Waals surface area contributed by atoms with Gasteiger partial charge in [0.2, 0.25) is 0 Å². The number of esters is 1. The number of nitrogens with zero attached hydrogens (tertiary/aromatic N) is 3. The van der Waals surface area contributed by atoms with Crippen molar-refractivity contribution in [3.63, 3.8) is 0 Å². The van der Waals surface area contributed by atoms with Crippen LogP contribution in [0.5, 0.6) is 0 Å². The van der Waals surface area contributed by atoms with Gasteiger partial charge in [0, 0.05) is 28.7 Å². The summed E-state index contributed by atoms with van der Waals surface area (Å²) in [4.78, 5) is 17.1. The predicted molar refractivity (Wildman–Crippen MR) is 98.9 cm³/mol. The van der Waals surface area contributed by atoms with Gasteiger partial charge in [0.1, 0.15) is 16.0 Å². The average molecular weight is 353 g/mol. The number of aromatic nitrogens is 2. The van der Waals surface area contributed by atoms with Crippen molar-refractivity contribution in [1.29, 1.82) is 5.26 Å². The lowest BCUT2D eigenvalue weighted by Crippen LogP contribution is -2.03. The SMILES string of the molecule is CCOC(=O)c1sc(-c2ccc3c(c2)c(C#N)c(C)n3CC)nc1C. The fourth-order valence-corrected chi connectivity index (χ4v) is 4.03. The van der Waals surface area contributed by atoms with E-state index in [0.29, 0.717) is 22.7 Å². The highest BCUT2D eigenvalue weighted by Gasteiger charge is 2.19. The van der Waals surface area contributed by atoms with Crippen molar-refractivity contribution < 1.29 is 9.53 Å². The monoisotopic (exact) mass is 353 g/mol. The van der Waals surface area contributed by atoms with Crippen molar-refractivity contribution >= 4 is 28.2 Å². The van der Waals surface area contributed by atoms with Crippen LogP contribution < -0.4 is 0 Å². The Morgan fingerprint density at radius 3 is 2.76 bits per heavy atom. The van der Waals surface area contributed by atoms with E-state index >= 15 is 0 Å². The van der Waals surface area contributed by atoms with Crippen molar-refractivity contribution in [3.8, 4) is 16.6 Å². The van der Waals surface area contributed by atoms with Crippen LogP contribution in [0.2, 0.25) is 0 Å². The molecule has 0 aliphatic rings. The third kappa shape index (κ3) is 2.81. The summed E-state index contributed by atoms with van der Waals surface area (Å²) < 4.78 is 7.22. The molecule has 0 aliphatic heterocycles. The van der Waals surface area contributed by atoms with Gasteiger partial charge in [0.15, 0.2) is 0 Å². The lowest BCUT2D eigenvalue weighted by atomic mass is 10.1. The summed E-state index contributed by atoms with van der Waals surface area (Å²) >= 11 is 1.32. The molecule has 0 saturated heterocycles. The third-order valence-electron chi connectivity index (χ3n) is 4.26. The first-order valence-corrected chi connectivity index (χ1v) is 9.01. The fraction of sp³-hybridized carbons (Fsp3) is 0.316. The molecule has 2 aromatic heterocycles. The standard InChI is InChI=1S/C19H19N3O2S/c1-5-22-12(4)15(10-20)14-9-13(7-8-16(14)22)18-21-11(3)17(25-18)19(23)24-6-2/h7-9H,5-6H2,1-4H3. The molecular formula is C19H19N3O2S. The van der Waals surface area contributed by atoms with Crippen LogP contribution in [0, 0.1) is 25.2 Å². The zero-order valence-corrected chi connectivity index (χ0v) is 15.5. The minimum absolute atomic E-state index is 0.337. The van der Waals surface area contributed by atoms with Crippen LogP contribution in [0.4, 0.5) is 0 Å². The molecule has 0 unspecified atom stereocenters. The number of nitriles is 1. The van der Waals surface area contributed by atoms with E-state index in [1.54, 1.807) is 6.92 Å². The van der Waals surface area contributed by atoms with E-state index in [0.717, 1.165) is 33.7 Å². The van der Waals surface area contributed by atoms with E-state index in [-0.39, 0.29) is 5.97 Å². The van der Waals surface area contributed by atoms with Gasteiger partial charge in [-0.05, 0) is 45.9 Å². The van der Waals surface area contributed by atoms with Crippen LogP contribution in [0.3, 0.4) is 0 Å². The summed E-state index contributed by atoms with van der Waals surface area (Å²) in [6, 6.07) is 8.30. The molecule has 0 N–H and O–H groups in total. The Kier molecular flexibility index (Phi) is 4.60. The number of benzene rings is 1. The van der Waals surface area contributed by atoms with Gasteiger partial charge >= 0.3 is 5.97 Å². The van der Waals surface area contributed by atoms with E-state index in [1.807, 2.05) is 32.0 Å². The zero-order chi connectivity index (χ0) is 18.1. The highest BCUT2D eigenvalue weighted by atomic mass is 32.1. The summed E-state index contributed by atoms with van der Waals surface area (Å²) in [5.74, 6) is -0.337. The molecule has 128 valence electrons. The Labute approximate surface area is 150 Å². The topological polar surface area (TPSA) is 67.9 Å². The van der Waals surface area contributed by atoms with Crippen molar-refractivity contribution in [2.75, 3.05) is 6.61 Å². The van der Waals surface area contributed by atoms with Gasteiger partial charge in [-0.2, -0.15) is 5.26 Å². The number of fused-ring (bicyclic) bond motifs is 1. The second kappa shape index (κ2) is 6.69. The Hall–Kier alpha value is -2.65. The molecule has 25 heavy (non-hydrogen) atoms. The van der Waals surface area contributed by atoms with Crippen LogP contribution in [0.1, 0.15) is 40.5 Å². The van der Waals surface area contributed by atoms with Crippen LogP contribution in [0.15, 0.2) is 18.2 Å². The van der Waals surface area contributed by atoms with Gasteiger partial charge in [-0.15, -0.1) is 11.3 Å². The van der Waals surface area contributed by atoms with Crippen LogP contribution in [-0.2, 0) is 11.3 Å². The number of hydrogen-bond acceptors (Lipinski definition) is 5. The van der Waals surface area contributed by atoms with Gasteiger partial charge in [-0.3, -0.25) is 0 Å². The quantitative estimate of drug-likeness (QED) is 0.650. The number of aryl methyl sites for hydroxylation is 2. The number of hydrogen-bond donors (Lipinski definition) is 0. The van der Waals surface area contributed by atoms with Gasteiger partial charge in [-0.25, -0.2) is 9.78 Å². The van der Waals surface area contributed by atoms with E-state index in [1.165, 1.54) is 11.3 Å². The molecule has 2 heterocycles. The first-order valence-electron chi connectivity index (χ1n) is 8.19. The maximum absolute atomic E-state index is 12.0. The third-order valence-corrected chi connectivity index (χ3v) is 5.44. The first kappa shape index (κ1) is 17.2. The minimum Gasteiger partial charge on any atom is -0.462 e. The normalized spacial score (nSPS) is 10.8. The molecule has 5 nitrogen and oxygen atoms in total. The van der Waals surface area contributed by atoms with E-state index in [4.69, 9.17) is 4.74 Å². The highest BCUT2D eigenvalue weighted by Crippen LogP contribution is 2.33. The maximum atomic E-state index is 12.0. The smallest absolute Gasteiger partial charge is 0.350 e. The van der Waals surface area contributed by atoms with Crippen molar-refractivity contribution in [2.24, 2.45) is 0 Å². The summed E-state index contributed by atoms with van der Waals surface area (Å²) in [5.41, 5.74) is 4.28. The predicted octanol–water partition coefficient (Wildman–Crippen LogP) is 4.45. The molecule has 1 aromatic carbocycles. The minimum atomic E-state index is -0.337. The number of thiazole rings is 1. The lowest BCUT2D eigenvalue weighted by molar-refractivity contribution is 0.0531. The summed E-state index contributed by atoms with van der Waals surface area (Å²) in [5, 5.41) is 11.2. The zero-order valence-electron chi connectivity index (χ0n) is 14.7. The van der Waals surface area contributed by atoms with Crippen molar-refractivity contribution in [2.45, 2.75) is 34.2 Å². The van der Waals surface area contributed by atoms with E-state index in [9.17, 15) is 10.1 Å². The van der Waals surface area contributed by atoms with Crippen LogP contribution >= 0.6 is 11.3 Å². The molecule has 0 spiro atoms. The van der Waals surface area contributed by atoms with Crippen LogP contribution in [-0.4, -0.2) is 22.1 Å². The molecule has 0 saturated carbocycles. The molecule has 0 amide bonds. The Bertz CT molecular complexity index is 1010. The van der Waals surface area contributed by atoms with Crippen molar-refractivity contribution in [1.82, 2.24) is 9.55 Å². The Balaban J connectivity index is 2.13. The largest absolute Gasteiger partial charge is 0.462 e. The molecule has 0 aliphatic carbocycles. The molecular weight excluding hydrogens is 334 g/mol. The average Bonchev–Trinajstić information content (AvgIpc) is 3.11. The molecule has 0 atom stereocenters. The summed E-state index contributed by atoms with van der Waals surface area (Å²) in [6.07, 6.45) is 0. The summed E-state index contributed by atoms with van der Waals surface area (Å²) in [7, 11) is 0. The maximum Gasteiger partial charge on any atom is 0.350 e. The number of carbonyl (C=O) groups excluding carboxylic acids is 1. The molecule has 3 aromatic rings. The number of rotatable bonds is 4. The fourth-order valence-electron chi connectivity index (χ4n) is 3.07. The van der Waals surface area contributed by atoms with Crippen molar-refractivity contribution in [3.05, 3.63) is 40.0 Å². The number of ether oxygens (including phenoxy) is 1. The molecule has 0 bridgehead atoms. The van der Waals surface area contributed by atoms with Gasteiger partial charge in [-0.1, -0.05) is 0 Å². The Morgan fingerprint density at radius 1 is 1.36 bits per heavy atom. The Morgan fingerprint density at radius 2 is 2.12 bits per heavy atom. The van der Waals surface area contributed by atoms with E-state index < -0.39 is 0 Å². The summed E-state index contributed by atoms with van der Waals surface area (Å²) in [6.45, 7) is 8.78. The molecule has 6 heteroatoms. The number of carbonyl (C=O) groups is 1. The van der Waals surface area contributed by atoms with E-state index in [2.05, 4.69) is 22.5 Å².